The van der Waals surface area contributed by atoms with E-state index < -0.39 is 0 Å². The van der Waals surface area contributed by atoms with Gasteiger partial charge in [0.2, 0.25) is 0 Å². The second-order valence-corrected chi connectivity index (χ2v) is 6.83. The number of hydrogen-bond donors (Lipinski definition) is 0. The summed E-state index contributed by atoms with van der Waals surface area (Å²) < 4.78 is 12.2. The lowest BCUT2D eigenvalue weighted by atomic mass is 9.78. The first-order valence-corrected chi connectivity index (χ1v) is 9.13. The Balaban J connectivity index is 1.60. The normalized spacial score (nSPS) is 20.5. The van der Waals surface area contributed by atoms with Gasteiger partial charge in [-0.1, -0.05) is 48.6 Å². The number of nitriles is 1. The highest BCUT2D eigenvalue weighted by Crippen LogP contribution is 2.37. The average Bonchev–Trinajstić information content (AvgIpc) is 2.69. The van der Waals surface area contributed by atoms with E-state index >= 15 is 0 Å². The Morgan fingerprint density at radius 3 is 2.08 bits per heavy atom. The van der Waals surface area contributed by atoms with Crippen molar-refractivity contribution < 1.29 is 4.39 Å². The van der Waals surface area contributed by atoms with Gasteiger partial charge >= 0.3 is 0 Å². The van der Waals surface area contributed by atoms with E-state index in [0.29, 0.717) is 23.8 Å². The molecule has 1 aliphatic carbocycles. The van der Waals surface area contributed by atoms with Crippen LogP contribution in [0.4, 0.5) is 4.39 Å². The molecule has 2 heteroatoms. The second kappa shape index (κ2) is 8.62. The van der Waals surface area contributed by atoms with E-state index in [9.17, 15) is 4.39 Å². The molecule has 0 aliphatic heterocycles. The van der Waals surface area contributed by atoms with Crippen LogP contribution in [0.25, 0.3) is 11.1 Å². The van der Waals surface area contributed by atoms with Gasteiger partial charge in [-0.3, -0.25) is 4.39 Å². The van der Waals surface area contributed by atoms with Gasteiger partial charge < -0.3 is 0 Å². The molecular weight excluding hydrogens is 309 g/mol. The summed E-state index contributed by atoms with van der Waals surface area (Å²) in [5, 5.41) is 8.89. The zero-order chi connectivity index (χ0) is 17.5. The van der Waals surface area contributed by atoms with E-state index in [0.717, 1.165) is 5.56 Å². The molecule has 1 saturated carbocycles. The monoisotopic (exact) mass is 333 g/mol. The van der Waals surface area contributed by atoms with Crippen molar-refractivity contribution in [2.24, 2.45) is 5.92 Å². The van der Waals surface area contributed by atoms with Crippen LogP contribution in [-0.4, -0.2) is 6.67 Å². The van der Waals surface area contributed by atoms with Gasteiger partial charge in [-0.05, 0) is 72.8 Å². The third-order valence-electron chi connectivity index (χ3n) is 5.19. The fourth-order valence-corrected chi connectivity index (χ4v) is 3.68. The van der Waals surface area contributed by atoms with Crippen molar-refractivity contribution in [2.45, 2.75) is 38.0 Å². The van der Waals surface area contributed by atoms with Crippen LogP contribution in [-0.2, 0) is 0 Å². The Morgan fingerprint density at radius 1 is 0.920 bits per heavy atom. The van der Waals surface area contributed by atoms with Crippen molar-refractivity contribution in [3.8, 4) is 17.2 Å². The van der Waals surface area contributed by atoms with Crippen LogP contribution in [0.3, 0.4) is 0 Å². The molecule has 0 N–H and O–H groups in total. The van der Waals surface area contributed by atoms with E-state index in [1.807, 2.05) is 30.3 Å². The van der Waals surface area contributed by atoms with Gasteiger partial charge in [-0.25, -0.2) is 0 Å². The summed E-state index contributed by atoms with van der Waals surface area (Å²) in [4.78, 5) is 0. The van der Waals surface area contributed by atoms with Crippen LogP contribution < -0.4 is 0 Å². The van der Waals surface area contributed by atoms with Crippen molar-refractivity contribution in [3.05, 3.63) is 71.8 Å². The molecule has 2 aromatic carbocycles. The molecule has 0 saturated heterocycles. The van der Waals surface area contributed by atoms with Gasteiger partial charge in [0, 0.05) is 0 Å². The summed E-state index contributed by atoms with van der Waals surface area (Å²) >= 11 is 0. The molecule has 0 unspecified atom stereocenters. The quantitative estimate of drug-likeness (QED) is 0.580. The molecule has 1 aliphatic rings. The van der Waals surface area contributed by atoms with Gasteiger partial charge in [-0.2, -0.15) is 5.26 Å². The van der Waals surface area contributed by atoms with E-state index in [-0.39, 0.29) is 6.67 Å². The third-order valence-corrected chi connectivity index (χ3v) is 5.19. The lowest BCUT2D eigenvalue weighted by molar-refractivity contribution is 0.375. The molecule has 25 heavy (non-hydrogen) atoms. The third kappa shape index (κ3) is 4.57. The molecule has 0 heterocycles. The molecule has 1 fully saturated rings. The van der Waals surface area contributed by atoms with Gasteiger partial charge in [0.05, 0.1) is 18.3 Å². The van der Waals surface area contributed by atoms with Crippen LogP contribution in [0.15, 0.2) is 60.7 Å². The summed E-state index contributed by atoms with van der Waals surface area (Å²) in [6.45, 7) is -0.253. The SMILES string of the molecule is N#Cc1ccc(-c2ccc(C3CCC(/C=C/CCF)CC3)cc2)cc1. The van der Waals surface area contributed by atoms with Crippen molar-refractivity contribution in [2.75, 3.05) is 6.67 Å². The molecule has 1 nitrogen and oxygen atoms in total. The van der Waals surface area contributed by atoms with Crippen LogP contribution in [0.5, 0.6) is 0 Å². The van der Waals surface area contributed by atoms with E-state index in [1.54, 1.807) is 0 Å². The fourth-order valence-electron chi connectivity index (χ4n) is 3.68. The van der Waals surface area contributed by atoms with Gasteiger partial charge in [0.15, 0.2) is 0 Å². The smallest absolute Gasteiger partial charge is 0.0991 e. The maximum absolute atomic E-state index is 12.2. The van der Waals surface area contributed by atoms with Crippen molar-refractivity contribution in [3.63, 3.8) is 0 Å². The summed E-state index contributed by atoms with van der Waals surface area (Å²) in [7, 11) is 0. The van der Waals surface area contributed by atoms with Crippen molar-refractivity contribution in [1.82, 2.24) is 0 Å². The maximum atomic E-state index is 12.2. The number of alkyl halides is 1. The number of rotatable bonds is 5. The van der Waals surface area contributed by atoms with Gasteiger partial charge in [0.25, 0.3) is 0 Å². The minimum Gasteiger partial charge on any atom is -0.251 e. The van der Waals surface area contributed by atoms with E-state index in [4.69, 9.17) is 5.26 Å². The van der Waals surface area contributed by atoms with E-state index in [2.05, 4.69) is 36.4 Å². The zero-order valence-corrected chi connectivity index (χ0v) is 14.5. The number of hydrogen-bond acceptors (Lipinski definition) is 1. The summed E-state index contributed by atoms with van der Waals surface area (Å²) in [6.07, 6.45) is 9.58. The Bertz CT molecular complexity index is 729. The summed E-state index contributed by atoms with van der Waals surface area (Å²) in [5.74, 6) is 1.27. The highest BCUT2D eigenvalue weighted by Gasteiger charge is 2.20. The largest absolute Gasteiger partial charge is 0.251 e. The maximum Gasteiger partial charge on any atom is 0.0991 e. The molecule has 0 aromatic heterocycles. The molecule has 0 amide bonds. The number of benzene rings is 2. The standard InChI is InChI=1S/C23H24FN/c24-16-2-1-3-18-4-8-20(9-5-18)22-12-14-23(15-13-22)21-10-6-19(17-25)7-11-21/h1,3,6-7,10-15,18,20H,2,4-5,8-9,16H2/b3-1+. The van der Waals surface area contributed by atoms with Crippen molar-refractivity contribution >= 4 is 0 Å². The van der Waals surface area contributed by atoms with E-state index in [1.165, 1.54) is 36.8 Å². The lowest BCUT2D eigenvalue weighted by Gasteiger charge is -2.27. The molecule has 2 aromatic rings. The first kappa shape index (κ1) is 17.4. The highest BCUT2D eigenvalue weighted by atomic mass is 19.1. The molecule has 3 rings (SSSR count). The van der Waals surface area contributed by atoms with Crippen molar-refractivity contribution in [1.29, 1.82) is 5.26 Å². The van der Waals surface area contributed by atoms with Gasteiger partial charge in [-0.15, -0.1) is 0 Å². The lowest BCUT2D eigenvalue weighted by Crippen LogP contribution is -2.11. The number of nitrogens with zero attached hydrogens (tertiary/aromatic N) is 1. The number of allylic oxidation sites excluding steroid dienone is 2. The van der Waals surface area contributed by atoms with Gasteiger partial charge in [0.1, 0.15) is 0 Å². The fraction of sp³-hybridized carbons (Fsp3) is 0.348. The first-order chi connectivity index (χ1) is 12.3. The Labute approximate surface area is 149 Å². The Morgan fingerprint density at radius 2 is 1.52 bits per heavy atom. The zero-order valence-electron chi connectivity index (χ0n) is 14.5. The number of halogens is 1. The predicted octanol–water partition coefficient (Wildman–Crippen LogP) is 6.41. The Hall–Kier alpha value is -2.40. The summed E-state index contributed by atoms with van der Waals surface area (Å²) in [5.41, 5.74) is 4.45. The second-order valence-electron chi connectivity index (χ2n) is 6.83. The first-order valence-electron chi connectivity index (χ1n) is 9.13. The molecule has 0 radical (unpaired) electrons. The molecule has 0 atom stereocenters. The molecular formula is C23H24FN. The topological polar surface area (TPSA) is 23.8 Å². The van der Waals surface area contributed by atoms with Crippen LogP contribution in [0, 0.1) is 17.2 Å². The minimum atomic E-state index is -0.253. The molecule has 0 bridgehead atoms. The minimum absolute atomic E-state index is 0.253. The Kier molecular flexibility index (Phi) is 6.01. The van der Waals surface area contributed by atoms with Crippen LogP contribution >= 0.6 is 0 Å². The predicted molar refractivity (Wildman–Crippen MR) is 101 cm³/mol. The van der Waals surface area contributed by atoms with Crippen LogP contribution in [0.2, 0.25) is 0 Å². The summed E-state index contributed by atoms with van der Waals surface area (Å²) in [6, 6.07) is 18.7. The van der Waals surface area contributed by atoms with Crippen LogP contribution in [0.1, 0.15) is 49.1 Å². The average molecular weight is 333 g/mol. The molecule has 128 valence electrons. The molecule has 0 spiro atoms. The highest BCUT2D eigenvalue weighted by molar-refractivity contribution is 5.64.